The Morgan fingerprint density at radius 2 is 1.88 bits per heavy atom. The Kier molecular flexibility index (Phi) is 6.45. The van der Waals surface area contributed by atoms with Crippen LogP contribution in [-0.2, 0) is 13.0 Å². The number of fused-ring (bicyclic) bond motifs is 1. The fraction of sp³-hybridized carbons (Fsp3) is 0.370. The molecule has 34 heavy (non-hydrogen) atoms. The number of aromatic nitrogens is 2. The van der Waals surface area contributed by atoms with Crippen molar-refractivity contribution in [2.45, 2.75) is 46.1 Å². The molecular formula is C27H33N7. The summed E-state index contributed by atoms with van der Waals surface area (Å²) in [5, 5.41) is 17.2. The number of hydrogen-bond acceptors (Lipinski definition) is 7. The Hall–Kier alpha value is -3.45. The van der Waals surface area contributed by atoms with Crippen LogP contribution in [0.3, 0.4) is 0 Å². The molecule has 1 aromatic heterocycles. The number of hydrazone groups is 1. The monoisotopic (exact) mass is 455 g/mol. The molecular weight excluding hydrogens is 422 g/mol. The van der Waals surface area contributed by atoms with E-state index in [1.54, 1.807) is 0 Å². The maximum Gasteiger partial charge on any atom is 0.229 e. The van der Waals surface area contributed by atoms with Crippen molar-refractivity contribution in [3.05, 3.63) is 70.4 Å². The summed E-state index contributed by atoms with van der Waals surface area (Å²) in [7, 11) is 0. The summed E-state index contributed by atoms with van der Waals surface area (Å²) in [6.07, 6.45) is 6.11. The summed E-state index contributed by atoms with van der Waals surface area (Å²) in [6, 6.07) is 13.0. The van der Waals surface area contributed by atoms with Crippen LogP contribution in [0.2, 0.25) is 0 Å². The number of rotatable bonds is 7. The second-order valence-electron chi connectivity index (χ2n) is 9.32. The molecule has 3 N–H and O–H groups in total. The van der Waals surface area contributed by atoms with Crippen molar-refractivity contribution in [1.82, 2.24) is 20.3 Å². The minimum atomic E-state index is 0.156. The van der Waals surface area contributed by atoms with Crippen molar-refractivity contribution in [2.24, 2.45) is 5.10 Å². The molecule has 1 atom stereocenters. The summed E-state index contributed by atoms with van der Waals surface area (Å²) in [6.45, 7) is 10.1. The molecule has 0 fully saturated rings. The van der Waals surface area contributed by atoms with Gasteiger partial charge in [-0.25, -0.2) is 4.98 Å². The third kappa shape index (κ3) is 5.04. The predicted molar refractivity (Wildman–Crippen MR) is 139 cm³/mol. The SMILES string of the molecule is CCCN1CC(c2cnc(Nc3cc(C)cc(C)c3)nc2Nc2ccc3c(c2)CNCC3)C=N1. The third-order valence-electron chi connectivity index (χ3n) is 6.35. The van der Waals surface area contributed by atoms with E-state index in [1.165, 1.54) is 22.3 Å². The molecule has 1 unspecified atom stereocenters. The van der Waals surface area contributed by atoms with E-state index in [4.69, 9.17) is 4.98 Å². The van der Waals surface area contributed by atoms with Gasteiger partial charge in [-0.3, -0.25) is 5.01 Å². The lowest BCUT2D eigenvalue weighted by molar-refractivity contribution is 0.310. The van der Waals surface area contributed by atoms with Crippen LogP contribution in [0.4, 0.5) is 23.1 Å². The minimum absolute atomic E-state index is 0.156. The summed E-state index contributed by atoms with van der Waals surface area (Å²) in [4.78, 5) is 9.59. The average Bonchev–Trinajstić information content (AvgIpc) is 3.27. The van der Waals surface area contributed by atoms with Crippen molar-refractivity contribution >= 4 is 29.4 Å². The van der Waals surface area contributed by atoms with E-state index in [9.17, 15) is 0 Å². The molecule has 7 nitrogen and oxygen atoms in total. The highest BCUT2D eigenvalue weighted by Crippen LogP contribution is 2.30. The Morgan fingerprint density at radius 1 is 1.03 bits per heavy atom. The van der Waals surface area contributed by atoms with E-state index in [0.717, 1.165) is 61.8 Å². The summed E-state index contributed by atoms with van der Waals surface area (Å²) >= 11 is 0. The molecule has 2 aliphatic rings. The lowest BCUT2D eigenvalue weighted by Crippen LogP contribution is -2.23. The van der Waals surface area contributed by atoms with Gasteiger partial charge in [0.25, 0.3) is 0 Å². The Labute approximate surface area is 201 Å². The molecule has 0 spiro atoms. The van der Waals surface area contributed by atoms with Gasteiger partial charge in [-0.2, -0.15) is 10.1 Å². The van der Waals surface area contributed by atoms with Gasteiger partial charge in [0.2, 0.25) is 5.95 Å². The first-order valence-corrected chi connectivity index (χ1v) is 12.2. The lowest BCUT2D eigenvalue weighted by Gasteiger charge is -2.20. The molecule has 0 amide bonds. The first-order valence-electron chi connectivity index (χ1n) is 12.2. The average molecular weight is 456 g/mol. The Morgan fingerprint density at radius 3 is 2.71 bits per heavy atom. The molecule has 0 saturated heterocycles. The number of aryl methyl sites for hydroxylation is 2. The highest BCUT2D eigenvalue weighted by Gasteiger charge is 2.23. The van der Waals surface area contributed by atoms with Gasteiger partial charge in [0, 0.05) is 54.9 Å². The topological polar surface area (TPSA) is 77.5 Å². The summed E-state index contributed by atoms with van der Waals surface area (Å²) < 4.78 is 0. The van der Waals surface area contributed by atoms with E-state index in [1.807, 2.05) is 12.4 Å². The van der Waals surface area contributed by atoms with Gasteiger partial charge in [0.1, 0.15) is 5.82 Å². The number of benzene rings is 2. The first kappa shape index (κ1) is 22.3. The molecule has 7 heteroatoms. The standard InChI is InChI=1S/C27H33N7/c1-4-9-34-17-22(15-30-34)25-16-29-27(32-24-11-18(2)10-19(3)12-24)33-26(25)31-23-6-5-20-7-8-28-14-21(20)13-23/h5-6,10-13,15-16,22,28H,4,7-9,14,17H2,1-3H3,(H2,29,31,32,33). The van der Waals surface area contributed by atoms with E-state index in [2.05, 4.69) is 88.2 Å². The predicted octanol–water partition coefficient (Wildman–Crippen LogP) is 5.02. The zero-order chi connectivity index (χ0) is 23.5. The largest absolute Gasteiger partial charge is 0.340 e. The molecule has 0 aliphatic carbocycles. The lowest BCUT2D eigenvalue weighted by atomic mass is 10.00. The molecule has 2 aromatic carbocycles. The fourth-order valence-electron chi connectivity index (χ4n) is 4.78. The zero-order valence-electron chi connectivity index (χ0n) is 20.2. The molecule has 0 saturated carbocycles. The van der Waals surface area contributed by atoms with Crippen LogP contribution < -0.4 is 16.0 Å². The van der Waals surface area contributed by atoms with Crippen LogP contribution in [0.25, 0.3) is 0 Å². The molecule has 0 bridgehead atoms. The number of nitrogens with zero attached hydrogens (tertiary/aromatic N) is 4. The van der Waals surface area contributed by atoms with Crippen LogP contribution in [0, 0.1) is 13.8 Å². The molecule has 176 valence electrons. The van der Waals surface area contributed by atoms with E-state index in [0.29, 0.717) is 5.95 Å². The zero-order valence-corrected chi connectivity index (χ0v) is 20.2. The van der Waals surface area contributed by atoms with E-state index in [-0.39, 0.29) is 5.92 Å². The smallest absolute Gasteiger partial charge is 0.229 e. The van der Waals surface area contributed by atoms with Crippen LogP contribution in [0.5, 0.6) is 0 Å². The number of anilines is 4. The van der Waals surface area contributed by atoms with Crippen molar-refractivity contribution in [2.75, 3.05) is 30.3 Å². The van der Waals surface area contributed by atoms with Crippen LogP contribution in [0.1, 0.15) is 47.1 Å². The molecule has 3 heterocycles. The van der Waals surface area contributed by atoms with Gasteiger partial charge in [-0.15, -0.1) is 0 Å². The van der Waals surface area contributed by atoms with Crippen molar-refractivity contribution < 1.29 is 0 Å². The van der Waals surface area contributed by atoms with Crippen molar-refractivity contribution in [3.63, 3.8) is 0 Å². The quantitative estimate of drug-likeness (QED) is 0.464. The maximum atomic E-state index is 4.92. The van der Waals surface area contributed by atoms with Crippen molar-refractivity contribution in [3.8, 4) is 0 Å². The Bertz CT molecular complexity index is 1180. The van der Waals surface area contributed by atoms with Crippen molar-refractivity contribution in [1.29, 1.82) is 0 Å². The van der Waals surface area contributed by atoms with Gasteiger partial charge in [-0.05, 0) is 79.8 Å². The van der Waals surface area contributed by atoms with E-state index >= 15 is 0 Å². The van der Waals surface area contributed by atoms with Gasteiger partial charge < -0.3 is 16.0 Å². The highest BCUT2D eigenvalue weighted by atomic mass is 15.5. The van der Waals surface area contributed by atoms with Gasteiger partial charge in [0.05, 0.1) is 0 Å². The normalized spacial score (nSPS) is 17.0. The summed E-state index contributed by atoms with van der Waals surface area (Å²) in [5.41, 5.74) is 8.27. The van der Waals surface area contributed by atoms with Gasteiger partial charge >= 0.3 is 0 Å². The highest BCUT2D eigenvalue weighted by molar-refractivity contribution is 5.75. The molecule has 2 aliphatic heterocycles. The Balaban J connectivity index is 1.45. The number of nitrogens with one attached hydrogen (secondary N) is 3. The number of hydrogen-bond donors (Lipinski definition) is 3. The van der Waals surface area contributed by atoms with E-state index < -0.39 is 0 Å². The van der Waals surface area contributed by atoms with Crippen LogP contribution in [-0.4, -0.2) is 40.8 Å². The van der Waals surface area contributed by atoms with Gasteiger partial charge in [0.15, 0.2) is 0 Å². The second-order valence-corrected chi connectivity index (χ2v) is 9.32. The first-order chi connectivity index (χ1) is 16.6. The van der Waals surface area contributed by atoms with Crippen LogP contribution in [0.15, 0.2) is 47.7 Å². The second kappa shape index (κ2) is 9.81. The maximum absolute atomic E-state index is 4.92. The third-order valence-corrected chi connectivity index (χ3v) is 6.35. The fourth-order valence-corrected chi connectivity index (χ4v) is 4.78. The minimum Gasteiger partial charge on any atom is -0.340 e. The molecule has 5 rings (SSSR count). The van der Waals surface area contributed by atoms with Gasteiger partial charge in [-0.1, -0.05) is 19.1 Å². The molecule has 0 radical (unpaired) electrons. The summed E-state index contributed by atoms with van der Waals surface area (Å²) in [5.74, 6) is 1.56. The molecule has 3 aromatic rings. The van der Waals surface area contributed by atoms with Crippen LogP contribution >= 0.6 is 0 Å².